The molecular formula is C18H28N4O3S2. The Hall–Kier alpha value is -1.19. The number of carbonyl (C=O) groups is 1. The molecule has 4 rings (SSSR count). The average Bonchev–Trinajstić information content (AvgIpc) is 3.30. The van der Waals surface area contributed by atoms with Gasteiger partial charge in [0.2, 0.25) is 10.0 Å². The van der Waals surface area contributed by atoms with Crippen LogP contribution in [0.4, 0.5) is 9.93 Å². The first-order valence-corrected chi connectivity index (χ1v) is 12.4. The summed E-state index contributed by atoms with van der Waals surface area (Å²) in [6, 6.07) is 0.0513. The van der Waals surface area contributed by atoms with E-state index in [-0.39, 0.29) is 17.3 Å². The van der Waals surface area contributed by atoms with Crippen LogP contribution in [-0.4, -0.2) is 41.6 Å². The lowest BCUT2D eigenvalue weighted by molar-refractivity contribution is 0.248. The molecule has 9 heteroatoms. The van der Waals surface area contributed by atoms with Gasteiger partial charge in [0.05, 0.1) is 10.9 Å². The van der Waals surface area contributed by atoms with Crippen LogP contribution >= 0.6 is 11.3 Å². The van der Waals surface area contributed by atoms with E-state index < -0.39 is 10.0 Å². The summed E-state index contributed by atoms with van der Waals surface area (Å²) in [6.45, 7) is 0.876. The highest BCUT2D eigenvalue weighted by Crippen LogP contribution is 2.33. The first-order valence-electron chi connectivity index (χ1n) is 10.1. The third-order valence-electron chi connectivity index (χ3n) is 5.94. The third kappa shape index (κ3) is 4.30. The fourth-order valence-corrected chi connectivity index (χ4v) is 7.51. The zero-order valence-corrected chi connectivity index (χ0v) is 17.2. The normalized spacial score (nSPS) is 22.5. The molecule has 2 amide bonds. The van der Waals surface area contributed by atoms with E-state index in [1.807, 2.05) is 0 Å². The summed E-state index contributed by atoms with van der Waals surface area (Å²) in [7, 11) is -3.24. The van der Waals surface area contributed by atoms with Gasteiger partial charge in [-0.05, 0) is 25.7 Å². The Labute approximate surface area is 165 Å². The third-order valence-corrected chi connectivity index (χ3v) is 9.28. The Kier molecular flexibility index (Phi) is 5.70. The van der Waals surface area contributed by atoms with Crippen molar-refractivity contribution in [2.24, 2.45) is 0 Å². The number of carbonyl (C=O) groups excluding carboxylic acids is 1. The average molecular weight is 413 g/mol. The molecule has 2 aliphatic carbocycles. The highest BCUT2D eigenvalue weighted by molar-refractivity contribution is 7.89. The molecule has 27 heavy (non-hydrogen) atoms. The number of sulfonamides is 1. The lowest BCUT2D eigenvalue weighted by Gasteiger charge is -2.31. The second kappa shape index (κ2) is 8.05. The topological polar surface area (TPSA) is 91.4 Å². The lowest BCUT2D eigenvalue weighted by Crippen LogP contribution is -2.42. The molecule has 7 nitrogen and oxygen atoms in total. The van der Waals surface area contributed by atoms with Crippen LogP contribution in [0.3, 0.4) is 0 Å². The van der Waals surface area contributed by atoms with Crippen LogP contribution in [0.2, 0.25) is 0 Å². The molecule has 2 N–H and O–H groups in total. The summed E-state index contributed by atoms with van der Waals surface area (Å²) in [4.78, 5) is 17.6. The van der Waals surface area contributed by atoms with Gasteiger partial charge in [0, 0.05) is 30.4 Å². The van der Waals surface area contributed by atoms with Gasteiger partial charge >= 0.3 is 6.03 Å². The second-order valence-corrected chi connectivity index (χ2v) is 11.2. The van der Waals surface area contributed by atoms with E-state index in [0.717, 1.165) is 55.5 Å². The quantitative estimate of drug-likeness (QED) is 0.794. The van der Waals surface area contributed by atoms with E-state index in [9.17, 15) is 13.2 Å². The molecule has 150 valence electrons. The SMILES string of the molecule is O=C(Nc1nc2c(s1)CN(S(=O)(=O)C1CCCCC1)CC2)NC1CCCC1. The minimum atomic E-state index is -3.24. The molecule has 0 unspecified atom stereocenters. The fourth-order valence-electron chi connectivity index (χ4n) is 4.41. The summed E-state index contributed by atoms with van der Waals surface area (Å²) >= 11 is 1.40. The van der Waals surface area contributed by atoms with Crippen molar-refractivity contribution in [3.05, 3.63) is 10.6 Å². The number of anilines is 1. The van der Waals surface area contributed by atoms with Crippen molar-refractivity contribution in [3.8, 4) is 0 Å². The Morgan fingerprint density at radius 1 is 1.07 bits per heavy atom. The number of rotatable bonds is 4. The number of amides is 2. The Morgan fingerprint density at radius 2 is 1.78 bits per heavy atom. The maximum atomic E-state index is 13.0. The van der Waals surface area contributed by atoms with E-state index in [0.29, 0.717) is 24.6 Å². The summed E-state index contributed by atoms with van der Waals surface area (Å²) in [6.07, 6.45) is 9.74. The summed E-state index contributed by atoms with van der Waals surface area (Å²) in [5, 5.41) is 6.16. The number of nitrogens with one attached hydrogen (secondary N) is 2. The zero-order valence-electron chi connectivity index (χ0n) is 15.6. The van der Waals surface area contributed by atoms with Crippen LogP contribution in [-0.2, 0) is 23.0 Å². The maximum absolute atomic E-state index is 13.0. The van der Waals surface area contributed by atoms with Gasteiger partial charge in [-0.25, -0.2) is 18.2 Å². The molecule has 0 radical (unpaired) electrons. The second-order valence-electron chi connectivity index (χ2n) is 7.86. The van der Waals surface area contributed by atoms with E-state index >= 15 is 0 Å². The minimum absolute atomic E-state index is 0.209. The molecule has 1 aromatic rings. The van der Waals surface area contributed by atoms with Gasteiger partial charge in [-0.15, -0.1) is 0 Å². The van der Waals surface area contributed by atoms with Crippen molar-refractivity contribution >= 4 is 32.5 Å². The summed E-state index contributed by atoms with van der Waals surface area (Å²) in [5.41, 5.74) is 0.922. The number of nitrogens with zero attached hydrogens (tertiary/aromatic N) is 2. The lowest BCUT2D eigenvalue weighted by atomic mass is 10.0. The molecule has 0 spiro atoms. The van der Waals surface area contributed by atoms with E-state index in [1.165, 1.54) is 24.2 Å². The fraction of sp³-hybridized carbons (Fsp3) is 0.778. The zero-order chi connectivity index (χ0) is 18.9. The molecule has 1 aromatic heterocycles. The van der Waals surface area contributed by atoms with Crippen LogP contribution in [0.1, 0.15) is 68.4 Å². The van der Waals surface area contributed by atoms with Gasteiger partial charge in [-0.3, -0.25) is 5.32 Å². The molecule has 0 aromatic carbocycles. The van der Waals surface area contributed by atoms with E-state index in [4.69, 9.17) is 0 Å². The molecule has 2 fully saturated rings. The van der Waals surface area contributed by atoms with Gasteiger partial charge in [-0.2, -0.15) is 4.31 Å². The van der Waals surface area contributed by atoms with Gasteiger partial charge in [-0.1, -0.05) is 43.4 Å². The van der Waals surface area contributed by atoms with Gasteiger partial charge in [0.1, 0.15) is 0 Å². The van der Waals surface area contributed by atoms with E-state index in [2.05, 4.69) is 15.6 Å². The number of aromatic nitrogens is 1. The Balaban J connectivity index is 1.39. The predicted molar refractivity (Wildman–Crippen MR) is 106 cm³/mol. The number of hydrogen-bond acceptors (Lipinski definition) is 5. The largest absolute Gasteiger partial charge is 0.335 e. The monoisotopic (exact) mass is 412 g/mol. The van der Waals surface area contributed by atoms with Crippen LogP contribution in [0.5, 0.6) is 0 Å². The predicted octanol–water partition coefficient (Wildman–Crippen LogP) is 3.23. The number of fused-ring (bicyclic) bond motifs is 1. The van der Waals surface area contributed by atoms with Crippen molar-refractivity contribution in [3.63, 3.8) is 0 Å². The number of urea groups is 1. The minimum Gasteiger partial charge on any atom is -0.335 e. The van der Waals surface area contributed by atoms with Crippen LogP contribution in [0.25, 0.3) is 0 Å². The van der Waals surface area contributed by atoms with Gasteiger partial charge in [0.15, 0.2) is 5.13 Å². The molecule has 2 heterocycles. The molecule has 0 atom stereocenters. The number of thiazole rings is 1. The Morgan fingerprint density at radius 3 is 2.52 bits per heavy atom. The van der Waals surface area contributed by atoms with E-state index in [1.54, 1.807) is 4.31 Å². The molecule has 2 saturated carbocycles. The highest BCUT2D eigenvalue weighted by atomic mass is 32.2. The van der Waals surface area contributed by atoms with Crippen molar-refractivity contribution < 1.29 is 13.2 Å². The highest BCUT2D eigenvalue weighted by Gasteiger charge is 2.35. The first-order chi connectivity index (χ1) is 13.0. The molecule has 0 saturated heterocycles. The van der Waals surface area contributed by atoms with Crippen molar-refractivity contribution in [2.75, 3.05) is 11.9 Å². The molecule has 1 aliphatic heterocycles. The summed E-state index contributed by atoms with van der Waals surface area (Å²) in [5.74, 6) is 0. The number of hydrogen-bond donors (Lipinski definition) is 2. The first kappa shape index (κ1) is 19.1. The van der Waals surface area contributed by atoms with Gasteiger partial charge < -0.3 is 5.32 Å². The molecular weight excluding hydrogens is 384 g/mol. The molecule has 3 aliphatic rings. The van der Waals surface area contributed by atoms with Crippen molar-refractivity contribution in [1.82, 2.24) is 14.6 Å². The summed E-state index contributed by atoms with van der Waals surface area (Å²) < 4.78 is 27.5. The van der Waals surface area contributed by atoms with Crippen molar-refractivity contribution in [2.45, 2.75) is 82.0 Å². The Bertz CT molecular complexity index is 781. The maximum Gasteiger partial charge on any atom is 0.321 e. The van der Waals surface area contributed by atoms with Crippen LogP contribution < -0.4 is 10.6 Å². The van der Waals surface area contributed by atoms with Crippen LogP contribution in [0, 0.1) is 0 Å². The molecule has 0 bridgehead atoms. The van der Waals surface area contributed by atoms with Crippen LogP contribution in [0.15, 0.2) is 0 Å². The smallest absolute Gasteiger partial charge is 0.321 e. The standard InChI is InChI=1S/C18H28N4O3S2/c23-17(19-13-6-4-5-7-13)21-18-20-15-10-11-22(12-16(15)26-18)27(24,25)14-8-2-1-3-9-14/h13-14H,1-12H2,(H2,19,20,21,23). The van der Waals surface area contributed by atoms with Crippen molar-refractivity contribution in [1.29, 1.82) is 0 Å². The van der Waals surface area contributed by atoms with Gasteiger partial charge in [0.25, 0.3) is 0 Å².